The Hall–Kier alpha value is -0.850. The summed E-state index contributed by atoms with van der Waals surface area (Å²) in [4.78, 5) is 9.48. The Kier molecular flexibility index (Phi) is 7.78. The fourth-order valence-electron chi connectivity index (χ4n) is 3.70. The SMILES string of the molecule is CN=C(NCC(C)N1CCOCC1C)NC1CCN(C(C)C)CC1. The molecule has 2 aliphatic rings. The first-order valence-electron chi connectivity index (χ1n) is 9.56. The Morgan fingerprint density at radius 2 is 1.92 bits per heavy atom. The third kappa shape index (κ3) is 5.60. The van der Waals surface area contributed by atoms with E-state index in [0.29, 0.717) is 24.2 Å². The average Bonchev–Trinajstić information content (AvgIpc) is 2.59. The summed E-state index contributed by atoms with van der Waals surface area (Å²) in [7, 11) is 1.86. The molecule has 140 valence electrons. The molecule has 2 saturated heterocycles. The van der Waals surface area contributed by atoms with Crippen LogP contribution < -0.4 is 10.6 Å². The number of likely N-dealkylation sites (tertiary alicyclic amines) is 1. The molecule has 0 aromatic carbocycles. The van der Waals surface area contributed by atoms with Crippen LogP contribution in [0, 0.1) is 0 Å². The van der Waals surface area contributed by atoms with Gasteiger partial charge in [-0.15, -0.1) is 0 Å². The van der Waals surface area contributed by atoms with E-state index >= 15 is 0 Å². The first-order chi connectivity index (χ1) is 11.5. The van der Waals surface area contributed by atoms with Gasteiger partial charge in [0.2, 0.25) is 0 Å². The van der Waals surface area contributed by atoms with Gasteiger partial charge >= 0.3 is 0 Å². The lowest BCUT2D eigenvalue weighted by Gasteiger charge is -2.38. The van der Waals surface area contributed by atoms with Crippen molar-refractivity contribution in [3.8, 4) is 0 Å². The second kappa shape index (κ2) is 9.59. The molecule has 2 heterocycles. The van der Waals surface area contributed by atoms with Crippen LogP contribution in [-0.4, -0.2) is 86.4 Å². The molecule has 2 atom stereocenters. The van der Waals surface area contributed by atoms with Crippen LogP contribution >= 0.6 is 0 Å². The van der Waals surface area contributed by atoms with E-state index in [0.717, 1.165) is 32.3 Å². The molecule has 2 aliphatic heterocycles. The number of hydrogen-bond acceptors (Lipinski definition) is 4. The minimum atomic E-state index is 0.477. The van der Waals surface area contributed by atoms with Gasteiger partial charge in [0.25, 0.3) is 0 Å². The van der Waals surface area contributed by atoms with Crippen molar-refractivity contribution in [1.82, 2.24) is 20.4 Å². The average molecular weight is 340 g/mol. The number of piperidine rings is 1. The largest absolute Gasteiger partial charge is 0.379 e. The number of morpholine rings is 1. The normalized spacial score (nSPS) is 26.6. The van der Waals surface area contributed by atoms with Gasteiger partial charge in [0.05, 0.1) is 13.2 Å². The van der Waals surface area contributed by atoms with Crippen molar-refractivity contribution in [2.24, 2.45) is 4.99 Å². The monoisotopic (exact) mass is 339 g/mol. The molecule has 24 heavy (non-hydrogen) atoms. The Labute approximate surface area is 148 Å². The minimum Gasteiger partial charge on any atom is -0.379 e. The Bertz CT molecular complexity index is 393. The number of guanidine groups is 1. The highest BCUT2D eigenvalue weighted by Gasteiger charge is 2.24. The molecule has 0 radical (unpaired) electrons. The number of nitrogens with one attached hydrogen (secondary N) is 2. The Morgan fingerprint density at radius 3 is 2.50 bits per heavy atom. The smallest absolute Gasteiger partial charge is 0.191 e. The lowest BCUT2D eigenvalue weighted by molar-refractivity contribution is -0.0174. The Balaban J connectivity index is 1.72. The summed E-state index contributed by atoms with van der Waals surface area (Å²) in [5.74, 6) is 0.936. The van der Waals surface area contributed by atoms with Crippen LogP contribution in [0.25, 0.3) is 0 Å². The molecule has 2 fully saturated rings. The minimum absolute atomic E-state index is 0.477. The summed E-state index contributed by atoms with van der Waals surface area (Å²) in [5, 5.41) is 7.11. The number of aliphatic imine (C=N–C) groups is 1. The fraction of sp³-hybridized carbons (Fsp3) is 0.944. The van der Waals surface area contributed by atoms with Crippen molar-refractivity contribution in [3.63, 3.8) is 0 Å². The molecule has 6 heteroatoms. The van der Waals surface area contributed by atoms with Gasteiger partial charge in [0, 0.05) is 57.4 Å². The molecule has 0 bridgehead atoms. The maximum atomic E-state index is 5.53. The highest BCUT2D eigenvalue weighted by molar-refractivity contribution is 5.80. The maximum absolute atomic E-state index is 5.53. The number of ether oxygens (including phenoxy) is 1. The van der Waals surface area contributed by atoms with Gasteiger partial charge in [-0.1, -0.05) is 0 Å². The highest BCUT2D eigenvalue weighted by atomic mass is 16.5. The summed E-state index contributed by atoms with van der Waals surface area (Å²) in [5.41, 5.74) is 0. The summed E-state index contributed by atoms with van der Waals surface area (Å²) >= 11 is 0. The van der Waals surface area contributed by atoms with Crippen molar-refractivity contribution in [2.45, 2.75) is 64.7 Å². The molecule has 2 N–H and O–H groups in total. The van der Waals surface area contributed by atoms with Crippen LogP contribution in [0.5, 0.6) is 0 Å². The third-order valence-electron chi connectivity index (χ3n) is 5.37. The van der Waals surface area contributed by atoms with Gasteiger partial charge in [-0.3, -0.25) is 9.89 Å². The van der Waals surface area contributed by atoms with Gasteiger partial charge < -0.3 is 20.3 Å². The summed E-state index contributed by atoms with van der Waals surface area (Å²) in [6.45, 7) is 15.0. The van der Waals surface area contributed by atoms with E-state index in [-0.39, 0.29) is 0 Å². The standard InChI is InChI=1S/C18H37N5O/c1-14(2)22-8-6-17(7-9-22)21-18(19-5)20-12-15(3)23-10-11-24-13-16(23)4/h14-17H,6-13H2,1-5H3,(H2,19,20,21). The van der Waals surface area contributed by atoms with E-state index in [9.17, 15) is 0 Å². The molecular weight excluding hydrogens is 302 g/mol. The molecule has 0 spiro atoms. The van der Waals surface area contributed by atoms with E-state index < -0.39 is 0 Å². The van der Waals surface area contributed by atoms with Crippen molar-refractivity contribution in [1.29, 1.82) is 0 Å². The van der Waals surface area contributed by atoms with E-state index in [1.807, 2.05) is 7.05 Å². The molecule has 0 aromatic rings. The van der Waals surface area contributed by atoms with Crippen molar-refractivity contribution in [3.05, 3.63) is 0 Å². The lowest BCUT2D eigenvalue weighted by atomic mass is 10.0. The van der Waals surface area contributed by atoms with Gasteiger partial charge in [-0.25, -0.2) is 0 Å². The van der Waals surface area contributed by atoms with Crippen LogP contribution in [0.3, 0.4) is 0 Å². The van der Waals surface area contributed by atoms with Crippen molar-refractivity contribution < 1.29 is 4.74 Å². The quantitative estimate of drug-likeness (QED) is 0.581. The second-order valence-electron chi connectivity index (χ2n) is 7.51. The van der Waals surface area contributed by atoms with Crippen LogP contribution in [0.4, 0.5) is 0 Å². The van der Waals surface area contributed by atoms with Crippen molar-refractivity contribution in [2.75, 3.05) is 46.4 Å². The summed E-state index contributed by atoms with van der Waals surface area (Å²) in [6, 6.07) is 2.15. The third-order valence-corrected chi connectivity index (χ3v) is 5.37. The van der Waals surface area contributed by atoms with E-state index in [4.69, 9.17) is 4.74 Å². The van der Waals surface area contributed by atoms with Crippen LogP contribution in [0.2, 0.25) is 0 Å². The lowest BCUT2D eigenvalue weighted by Crippen LogP contribution is -2.54. The fourth-order valence-corrected chi connectivity index (χ4v) is 3.70. The van der Waals surface area contributed by atoms with E-state index in [2.05, 4.69) is 53.1 Å². The first-order valence-corrected chi connectivity index (χ1v) is 9.56. The molecule has 2 rings (SSSR count). The van der Waals surface area contributed by atoms with Gasteiger partial charge in [0.15, 0.2) is 5.96 Å². The van der Waals surface area contributed by atoms with Crippen LogP contribution in [0.15, 0.2) is 4.99 Å². The van der Waals surface area contributed by atoms with Crippen LogP contribution in [-0.2, 0) is 4.74 Å². The first kappa shape index (κ1) is 19.5. The topological polar surface area (TPSA) is 52.1 Å². The zero-order chi connectivity index (χ0) is 17.5. The molecule has 0 aliphatic carbocycles. The predicted octanol–water partition coefficient (Wildman–Crippen LogP) is 1.13. The Morgan fingerprint density at radius 1 is 1.21 bits per heavy atom. The molecule has 0 aromatic heterocycles. The van der Waals surface area contributed by atoms with Crippen LogP contribution in [0.1, 0.15) is 40.5 Å². The highest BCUT2D eigenvalue weighted by Crippen LogP contribution is 2.13. The van der Waals surface area contributed by atoms with E-state index in [1.54, 1.807) is 0 Å². The summed E-state index contributed by atoms with van der Waals surface area (Å²) in [6.07, 6.45) is 2.38. The zero-order valence-electron chi connectivity index (χ0n) is 16.2. The number of rotatable bonds is 5. The molecule has 0 saturated carbocycles. The predicted molar refractivity (Wildman–Crippen MR) is 101 cm³/mol. The molecular formula is C18H37N5O. The van der Waals surface area contributed by atoms with Crippen molar-refractivity contribution >= 4 is 5.96 Å². The zero-order valence-corrected chi connectivity index (χ0v) is 16.2. The summed E-state index contributed by atoms with van der Waals surface area (Å²) < 4.78 is 5.53. The van der Waals surface area contributed by atoms with Gasteiger partial charge in [-0.05, 0) is 40.5 Å². The molecule has 0 amide bonds. The second-order valence-corrected chi connectivity index (χ2v) is 7.51. The number of hydrogen-bond donors (Lipinski definition) is 2. The van der Waals surface area contributed by atoms with Gasteiger partial charge in [0.1, 0.15) is 0 Å². The molecule has 2 unspecified atom stereocenters. The number of nitrogens with zero attached hydrogens (tertiary/aromatic N) is 3. The van der Waals surface area contributed by atoms with Gasteiger partial charge in [-0.2, -0.15) is 0 Å². The molecule has 6 nitrogen and oxygen atoms in total. The maximum Gasteiger partial charge on any atom is 0.191 e. The van der Waals surface area contributed by atoms with E-state index in [1.165, 1.54) is 25.9 Å².